The second-order valence-electron chi connectivity index (χ2n) is 6.19. The predicted octanol–water partition coefficient (Wildman–Crippen LogP) is 5.23. The first-order valence-corrected chi connectivity index (χ1v) is 10.7. The van der Waals surface area contributed by atoms with E-state index in [0.717, 1.165) is 12.3 Å². The first-order chi connectivity index (χ1) is 15.3. The molecule has 33 heavy (non-hydrogen) atoms. The Balaban J connectivity index is 1.96. The summed E-state index contributed by atoms with van der Waals surface area (Å²) in [6, 6.07) is 3.51. The Bertz CT molecular complexity index is 1340. The molecule has 178 valence electrons. The summed E-state index contributed by atoms with van der Waals surface area (Å²) in [5.74, 6) is -13.7. The number of aromatic hydroxyl groups is 1. The van der Waals surface area contributed by atoms with Gasteiger partial charge in [0.25, 0.3) is 0 Å². The minimum absolute atomic E-state index is 0.0128. The van der Waals surface area contributed by atoms with Crippen molar-refractivity contribution in [3.63, 3.8) is 0 Å². The molecule has 0 aliphatic rings. The van der Waals surface area contributed by atoms with Crippen molar-refractivity contribution >= 4 is 44.5 Å². The van der Waals surface area contributed by atoms with E-state index in [2.05, 4.69) is 15.2 Å². The number of sulfone groups is 1. The molecule has 16 heteroatoms. The third kappa shape index (κ3) is 5.07. The normalized spacial score (nSPS) is 11.8. The van der Waals surface area contributed by atoms with Crippen molar-refractivity contribution < 1.29 is 44.6 Å². The minimum Gasteiger partial charge on any atom is -0.506 e. The zero-order chi connectivity index (χ0) is 24.7. The van der Waals surface area contributed by atoms with Crippen LogP contribution in [-0.2, 0) is 15.7 Å². The van der Waals surface area contributed by atoms with Gasteiger partial charge in [0, 0.05) is 18.3 Å². The Morgan fingerprint density at radius 3 is 2.30 bits per heavy atom. The molecule has 0 saturated heterocycles. The molecule has 0 aliphatic heterocycles. The lowest BCUT2D eigenvalue weighted by atomic mass is 10.3. The van der Waals surface area contributed by atoms with Gasteiger partial charge >= 0.3 is 6.61 Å². The van der Waals surface area contributed by atoms with E-state index in [1.54, 1.807) is 0 Å². The lowest BCUT2D eigenvalue weighted by Crippen LogP contribution is -2.19. The smallest absolute Gasteiger partial charge is 0.387 e. The van der Waals surface area contributed by atoms with E-state index >= 15 is 0 Å². The molecule has 0 spiro atoms. The Kier molecular flexibility index (Phi) is 6.91. The molecule has 0 aliphatic carbocycles. The maximum Gasteiger partial charge on any atom is 0.387 e. The van der Waals surface area contributed by atoms with Crippen molar-refractivity contribution in [3.8, 4) is 11.5 Å². The number of rotatable bonds is 7. The second kappa shape index (κ2) is 9.19. The molecular weight excluding hydrogens is 527 g/mol. The fourth-order valence-electron chi connectivity index (χ4n) is 2.58. The summed E-state index contributed by atoms with van der Waals surface area (Å²) in [6.45, 7) is -3.88. The molecular formula is C17H9Cl2F6N3O4S. The highest BCUT2D eigenvalue weighted by atomic mass is 35.5. The molecule has 0 radical (unpaired) electrons. The number of aromatic nitrogens is 2. The number of ether oxygens (including phenoxy) is 1. The van der Waals surface area contributed by atoms with Gasteiger partial charge in [-0.2, -0.15) is 18.3 Å². The quantitative estimate of drug-likeness (QED) is 0.141. The van der Waals surface area contributed by atoms with Gasteiger partial charge in [-0.25, -0.2) is 21.6 Å². The van der Waals surface area contributed by atoms with E-state index < -0.39 is 56.2 Å². The van der Waals surface area contributed by atoms with Gasteiger partial charge in [0.15, 0.2) is 28.1 Å². The summed E-state index contributed by atoms with van der Waals surface area (Å²) in [5.41, 5.74) is 0.0128. The fraction of sp³-hybridized carbons (Fsp3) is 0.118. The maximum atomic E-state index is 14.2. The molecule has 0 amide bonds. The summed E-state index contributed by atoms with van der Waals surface area (Å²) in [5, 5.41) is 16.3. The van der Waals surface area contributed by atoms with Gasteiger partial charge in [-0.3, -0.25) is 4.68 Å². The number of hydrogen-bond donors (Lipinski definition) is 2. The standard InChI is InChI=1S/C17H9Cl2F6N3O4S/c18-6-3-8(9(29)4-7(6)19)26-10-1-2-28(27-10)5-33(30,31)16-14(23)12(21)11(20)13(22)15(16)32-17(24)25/h1-4,17,29H,5H2,(H,26,27). The van der Waals surface area contributed by atoms with Crippen LogP contribution >= 0.6 is 23.2 Å². The molecule has 0 saturated carbocycles. The van der Waals surface area contributed by atoms with Crippen molar-refractivity contribution in [2.75, 3.05) is 5.32 Å². The molecule has 1 aromatic heterocycles. The van der Waals surface area contributed by atoms with Crippen LogP contribution in [0, 0.1) is 23.3 Å². The number of nitrogens with one attached hydrogen (secondary N) is 1. The van der Waals surface area contributed by atoms with E-state index in [1.807, 2.05) is 0 Å². The van der Waals surface area contributed by atoms with Crippen LogP contribution in [-0.4, -0.2) is 29.9 Å². The number of benzene rings is 2. The van der Waals surface area contributed by atoms with Gasteiger partial charge in [0.1, 0.15) is 11.6 Å². The van der Waals surface area contributed by atoms with Crippen LogP contribution < -0.4 is 10.1 Å². The summed E-state index contributed by atoms with van der Waals surface area (Å²) >= 11 is 11.6. The number of halogens is 8. The Morgan fingerprint density at radius 2 is 1.67 bits per heavy atom. The van der Waals surface area contributed by atoms with Crippen LogP contribution in [0.4, 0.5) is 37.8 Å². The molecule has 2 N–H and O–H groups in total. The monoisotopic (exact) mass is 535 g/mol. The molecule has 7 nitrogen and oxygen atoms in total. The van der Waals surface area contributed by atoms with Crippen molar-refractivity contribution in [1.82, 2.24) is 9.78 Å². The van der Waals surface area contributed by atoms with Gasteiger partial charge in [-0.05, 0) is 6.07 Å². The second-order valence-corrected chi connectivity index (χ2v) is 8.90. The Labute approximate surface area is 191 Å². The van der Waals surface area contributed by atoms with Crippen molar-refractivity contribution in [2.45, 2.75) is 17.4 Å². The van der Waals surface area contributed by atoms with Gasteiger partial charge in [0.05, 0.1) is 15.7 Å². The van der Waals surface area contributed by atoms with Crippen molar-refractivity contribution in [2.24, 2.45) is 0 Å². The Morgan fingerprint density at radius 1 is 1.06 bits per heavy atom. The topological polar surface area (TPSA) is 93.5 Å². The molecule has 0 unspecified atom stereocenters. The predicted molar refractivity (Wildman–Crippen MR) is 104 cm³/mol. The highest BCUT2D eigenvalue weighted by molar-refractivity contribution is 7.90. The number of hydrogen-bond acceptors (Lipinski definition) is 6. The number of phenolic OH excluding ortho intramolecular Hbond substituents is 1. The van der Waals surface area contributed by atoms with Gasteiger partial charge < -0.3 is 15.2 Å². The maximum absolute atomic E-state index is 14.2. The van der Waals surface area contributed by atoms with Crippen LogP contribution in [0.3, 0.4) is 0 Å². The number of nitrogens with zero attached hydrogens (tertiary/aromatic N) is 2. The SMILES string of the molecule is O=S(=O)(Cn1ccc(Nc2cc(Cl)c(Cl)cc2O)n1)c1c(F)c(F)c(F)c(F)c1OC(F)F. The molecule has 0 bridgehead atoms. The number of anilines is 2. The largest absolute Gasteiger partial charge is 0.506 e. The van der Waals surface area contributed by atoms with Crippen molar-refractivity contribution in [3.05, 3.63) is 57.7 Å². The van der Waals surface area contributed by atoms with Crippen LogP contribution in [0.1, 0.15) is 0 Å². The molecule has 1 heterocycles. The van der Waals surface area contributed by atoms with E-state index in [-0.39, 0.29) is 27.3 Å². The van der Waals surface area contributed by atoms with Crippen molar-refractivity contribution in [1.29, 1.82) is 0 Å². The third-order valence-electron chi connectivity index (χ3n) is 3.95. The fourth-order valence-corrected chi connectivity index (χ4v) is 4.30. The molecule has 0 fully saturated rings. The molecule has 3 rings (SSSR count). The minimum atomic E-state index is -5.16. The number of phenols is 1. The highest BCUT2D eigenvalue weighted by Gasteiger charge is 2.35. The Hall–Kier alpha value is -2.84. The summed E-state index contributed by atoms with van der Waals surface area (Å²) < 4.78 is 110. The zero-order valence-corrected chi connectivity index (χ0v) is 17.9. The first kappa shape index (κ1) is 24.8. The average Bonchev–Trinajstić information content (AvgIpc) is 3.14. The summed E-state index contributed by atoms with van der Waals surface area (Å²) in [6.07, 6.45) is 1.01. The third-order valence-corrected chi connectivity index (χ3v) is 6.26. The summed E-state index contributed by atoms with van der Waals surface area (Å²) in [4.78, 5) is -1.95. The molecule has 2 aromatic carbocycles. The van der Waals surface area contributed by atoms with Gasteiger partial charge in [0.2, 0.25) is 21.5 Å². The van der Waals surface area contributed by atoms with Gasteiger partial charge in [-0.15, -0.1) is 0 Å². The average molecular weight is 536 g/mol. The van der Waals surface area contributed by atoms with E-state index in [0.29, 0.717) is 4.68 Å². The lowest BCUT2D eigenvalue weighted by Gasteiger charge is -2.14. The van der Waals surface area contributed by atoms with Crippen LogP contribution in [0.5, 0.6) is 11.5 Å². The molecule has 3 aromatic rings. The summed E-state index contributed by atoms with van der Waals surface area (Å²) in [7, 11) is -5.16. The molecule has 0 atom stereocenters. The van der Waals surface area contributed by atoms with Gasteiger partial charge in [-0.1, -0.05) is 23.2 Å². The van der Waals surface area contributed by atoms with E-state index in [4.69, 9.17) is 23.2 Å². The van der Waals surface area contributed by atoms with Crippen LogP contribution in [0.25, 0.3) is 0 Å². The zero-order valence-electron chi connectivity index (χ0n) is 15.6. The lowest BCUT2D eigenvalue weighted by molar-refractivity contribution is -0.0551. The first-order valence-electron chi connectivity index (χ1n) is 8.33. The highest BCUT2D eigenvalue weighted by Crippen LogP contribution is 2.37. The van der Waals surface area contributed by atoms with E-state index in [9.17, 15) is 39.9 Å². The van der Waals surface area contributed by atoms with Crippen LogP contribution in [0.2, 0.25) is 10.0 Å². The van der Waals surface area contributed by atoms with E-state index in [1.165, 1.54) is 12.1 Å². The van der Waals surface area contributed by atoms with Crippen LogP contribution in [0.15, 0.2) is 29.3 Å². The number of alkyl halides is 2.